The van der Waals surface area contributed by atoms with Crippen molar-refractivity contribution in [2.24, 2.45) is 0 Å². The summed E-state index contributed by atoms with van der Waals surface area (Å²) in [5.41, 5.74) is 0. The summed E-state index contributed by atoms with van der Waals surface area (Å²) in [6.45, 7) is 1.78. The van der Waals surface area contributed by atoms with Crippen LogP contribution in [0, 0.1) is 0 Å². The van der Waals surface area contributed by atoms with Gasteiger partial charge in [0.05, 0.1) is 0 Å². The number of rotatable bonds is 3. The number of hydrogen-bond acceptors (Lipinski definition) is 3. The average molecular weight is 172 g/mol. The maximum Gasteiger partial charge on any atom is 0.503 e. The predicted molar refractivity (Wildman–Crippen MR) is 40.2 cm³/mol. The van der Waals surface area contributed by atoms with Crippen molar-refractivity contribution in [3.63, 3.8) is 0 Å². The first-order chi connectivity index (χ1) is 3.68. The number of hydrogen-bond donors (Lipinski definition) is 0. The predicted octanol–water partition coefficient (Wildman–Crippen LogP) is 0.815. The van der Waals surface area contributed by atoms with E-state index in [1.807, 2.05) is 0 Å². The Morgan fingerprint density at radius 1 is 1.25 bits per heavy atom. The van der Waals surface area contributed by atoms with Gasteiger partial charge in [0.15, 0.2) is 0 Å². The first-order valence-electron chi connectivity index (χ1n) is 1.99. The lowest BCUT2D eigenvalue weighted by molar-refractivity contribution is 0.241. The normalized spacial score (nSPS) is 12.0. The lowest BCUT2D eigenvalue weighted by Crippen LogP contribution is -2.34. The molecule has 0 saturated heterocycles. The molecule has 0 heterocycles. The molecule has 8 heavy (non-hydrogen) atoms. The second-order valence-electron chi connectivity index (χ2n) is 1.30. The van der Waals surface area contributed by atoms with Crippen molar-refractivity contribution in [3.05, 3.63) is 0 Å². The zero-order valence-corrected chi connectivity index (χ0v) is 8.19. The van der Waals surface area contributed by atoms with E-state index in [0.29, 0.717) is 0 Å². The van der Waals surface area contributed by atoms with Gasteiger partial charge in [0, 0.05) is 13.7 Å². The summed E-state index contributed by atoms with van der Waals surface area (Å²) in [7, 11) is 3.53. The highest BCUT2D eigenvalue weighted by atomic mass is 31.0. The molecule has 3 nitrogen and oxygen atoms in total. The fraction of sp³-hybridized carbons (Fsp3) is 1.00. The molecule has 0 saturated carbocycles. The molecule has 0 bridgehead atoms. The molecule has 0 amide bonds. The lowest BCUT2D eigenvalue weighted by atomic mass is 11.8. The van der Waals surface area contributed by atoms with Gasteiger partial charge in [-0.1, -0.05) is 0 Å². The molecule has 0 aliphatic carbocycles. The average Bonchev–Trinajstić information content (AvgIpc) is 1.87. The van der Waals surface area contributed by atoms with Gasteiger partial charge in [-0.05, 0) is 18.9 Å². The smallest absolute Gasteiger partial charge is 0.377 e. The summed E-state index contributed by atoms with van der Waals surface area (Å²) in [5.74, 6) is 0. The minimum Gasteiger partial charge on any atom is -0.377 e. The van der Waals surface area contributed by atoms with E-state index in [9.17, 15) is 0 Å². The highest BCUT2D eigenvalue weighted by Crippen LogP contribution is 2.13. The Morgan fingerprint density at radius 2 is 1.62 bits per heavy atom. The van der Waals surface area contributed by atoms with Crippen LogP contribution in [0.3, 0.4) is 0 Å². The second kappa shape index (κ2) is 3.88. The fourth-order valence-corrected chi connectivity index (χ4v) is 1.62. The molecular weight excluding hydrogens is 162 g/mol. The van der Waals surface area contributed by atoms with Crippen molar-refractivity contribution < 1.29 is 12.9 Å². The lowest BCUT2D eigenvalue weighted by Gasteiger charge is -2.17. The van der Waals surface area contributed by atoms with Crippen LogP contribution in [0.1, 0.15) is 0 Å². The molecule has 0 aromatic heterocycles. The van der Waals surface area contributed by atoms with Crippen molar-refractivity contribution in [2.75, 3.05) is 7.11 Å². The zero-order chi connectivity index (χ0) is 6.62. The summed E-state index contributed by atoms with van der Waals surface area (Å²) in [6, 6.07) is 0. The van der Waals surface area contributed by atoms with E-state index in [2.05, 4.69) is 18.9 Å². The van der Waals surface area contributed by atoms with Crippen LogP contribution in [-0.2, 0) is 12.9 Å². The molecule has 6 heteroatoms. The van der Waals surface area contributed by atoms with E-state index < -0.39 is 8.80 Å². The largest absolute Gasteiger partial charge is 0.503 e. The van der Waals surface area contributed by atoms with Gasteiger partial charge in [-0.25, -0.2) is 0 Å². The highest BCUT2D eigenvalue weighted by molar-refractivity contribution is 7.17. The molecule has 0 spiro atoms. The maximum absolute atomic E-state index is 4.89. The molecule has 0 aromatic rings. The molecule has 0 rings (SSSR count). The Morgan fingerprint density at radius 3 is 1.62 bits per heavy atom. The van der Waals surface area contributed by atoms with Gasteiger partial charge in [-0.3, -0.25) is 0 Å². The molecule has 0 aliphatic rings. The molecule has 0 aliphatic heterocycles. The van der Waals surface area contributed by atoms with Crippen molar-refractivity contribution >= 4 is 27.7 Å². The zero-order valence-electron chi connectivity index (χ0n) is 4.88. The Kier molecular flexibility index (Phi) is 4.35. The molecule has 0 N–H and O–H groups in total. The standard InChI is InChI=1S/C2H10O3P2Si/c1-3-8(2,4-6)5-7/h6-7H2,1-2H3. The summed E-state index contributed by atoms with van der Waals surface area (Å²) < 4.78 is 14.5. The molecule has 2 atom stereocenters. The van der Waals surface area contributed by atoms with E-state index in [1.165, 1.54) is 0 Å². The maximum atomic E-state index is 4.89. The summed E-state index contributed by atoms with van der Waals surface area (Å²) in [6.07, 6.45) is 0. The van der Waals surface area contributed by atoms with E-state index in [4.69, 9.17) is 12.9 Å². The molecule has 0 radical (unpaired) electrons. The van der Waals surface area contributed by atoms with Crippen LogP contribution in [0.5, 0.6) is 0 Å². The van der Waals surface area contributed by atoms with E-state index in [0.717, 1.165) is 0 Å². The van der Waals surface area contributed by atoms with Gasteiger partial charge in [0.2, 0.25) is 0 Å². The van der Waals surface area contributed by atoms with Crippen LogP contribution in [-0.4, -0.2) is 15.9 Å². The summed E-state index contributed by atoms with van der Waals surface area (Å²) >= 11 is 0. The minimum absolute atomic E-state index is 1.56. The van der Waals surface area contributed by atoms with Gasteiger partial charge in [0.1, 0.15) is 0 Å². The van der Waals surface area contributed by atoms with Crippen LogP contribution in [0.25, 0.3) is 0 Å². The quantitative estimate of drug-likeness (QED) is 0.466. The van der Waals surface area contributed by atoms with E-state index >= 15 is 0 Å². The van der Waals surface area contributed by atoms with Crippen LogP contribution < -0.4 is 0 Å². The first kappa shape index (κ1) is 8.96. The Balaban J connectivity index is 3.58. The molecule has 0 aromatic carbocycles. The van der Waals surface area contributed by atoms with Crippen LogP contribution in [0.2, 0.25) is 6.55 Å². The molecule has 50 valence electrons. The summed E-state index contributed by atoms with van der Waals surface area (Å²) in [5, 5.41) is 0. The Bertz CT molecular complexity index is 58.0. The van der Waals surface area contributed by atoms with Crippen LogP contribution in [0.15, 0.2) is 0 Å². The van der Waals surface area contributed by atoms with Crippen molar-refractivity contribution in [1.29, 1.82) is 0 Å². The third-order valence-electron chi connectivity index (χ3n) is 0.799. The first-order valence-corrected chi connectivity index (χ1v) is 5.16. The van der Waals surface area contributed by atoms with Crippen molar-refractivity contribution in [2.45, 2.75) is 6.55 Å². The van der Waals surface area contributed by atoms with Gasteiger partial charge >= 0.3 is 8.80 Å². The molecular formula is C2H10O3P2Si. The van der Waals surface area contributed by atoms with Gasteiger partial charge < -0.3 is 12.9 Å². The SMILES string of the molecule is CO[Si](C)(OP)OP. The third-order valence-corrected chi connectivity index (χ3v) is 4.97. The molecule has 2 unspecified atom stereocenters. The van der Waals surface area contributed by atoms with Crippen LogP contribution in [0.4, 0.5) is 0 Å². The van der Waals surface area contributed by atoms with E-state index in [1.54, 1.807) is 13.7 Å². The van der Waals surface area contributed by atoms with Crippen molar-refractivity contribution in [1.82, 2.24) is 0 Å². The third kappa shape index (κ3) is 2.49. The topological polar surface area (TPSA) is 27.7 Å². The minimum atomic E-state index is -2.25. The Labute approximate surface area is 55.0 Å². The second-order valence-corrected chi connectivity index (χ2v) is 5.32. The van der Waals surface area contributed by atoms with Gasteiger partial charge in [-0.15, -0.1) is 0 Å². The van der Waals surface area contributed by atoms with Gasteiger partial charge in [-0.2, -0.15) is 0 Å². The van der Waals surface area contributed by atoms with Crippen LogP contribution >= 0.6 is 18.9 Å². The Hall–Kier alpha value is 0.957. The van der Waals surface area contributed by atoms with Gasteiger partial charge in [0.25, 0.3) is 0 Å². The van der Waals surface area contributed by atoms with Crippen molar-refractivity contribution in [3.8, 4) is 0 Å². The highest BCUT2D eigenvalue weighted by Gasteiger charge is 2.30. The van der Waals surface area contributed by atoms with E-state index in [-0.39, 0.29) is 0 Å². The molecule has 0 fully saturated rings. The summed E-state index contributed by atoms with van der Waals surface area (Å²) in [4.78, 5) is 0. The monoisotopic (exact) mass is 172 g/mol. The fourth-order valence-electron chi connectivity index (χ4n) is 0.124.